The number of nitrogen functional groups attached to an aromatic ring is 1. The molecule has 3 nitrogen and oxygen atoms in total. The van der Waals surface area contributed by atoms with Gasteiger partial charge in [0.1, 0.15) is 0 Å². The minimum Gasteiger partial charge on any atom is -0.399 e. The van der Waals surface area contributed by atoms with Gasteiger partial charge >= 0.3 is 0 Å². The predicted octanol–water partition coefficient (Wildman–Crippen LogP) is 4.15. The second kappa shape index (κ2) is 6.81. The number of nitrogens with two attached hydrogens (primary N) is 1. The number of carbonyl (C=O) groups excluding carboxylic acids is 1. The molecule has 0 fully saturated rings. The maximum Gasteiger partial charge on any atom is 0.237 e. The molecule has 0 aromatic heterocycles. The van der Waals surface area contributed by atoms with Crippen molar-refractivity contribution in [3.05, 3.63) is 53.0 Å². The lowest BCUT2D eigenvalue weighted by molar-refractivity contribution is -0.115. The highest BCUT2D eigenvalue weighted by atomic mass is 79.9. The van der Waals surface area contributed by atoms with E-state index in [1.165, 1.54) is 11.8 Å². The Labute approximate surface area is 131 Å². The molecule has 1 atom stereocenters. The van der Waals surface area contributed by atoms with E-state index < -0.39 is 0 Å². The smallest absolute Gasteiger partial charge is 0.237 e. The highest BCUT2D eigenvalue weighted by Gasteiger charge is 2.15. The zero-order chi connectivity index (χ0) is 14.5. The Balaban J connectivity index is 1.99. The number of anilines is 2. The summed E-state index contributed by atoms with van der Waals surface area (Å²) in [6.45, 7) is 1.89. The topological polar surface area (TPSA) is 55.1 Å². The van der Waals surface area contributed by atoms with E-state index in [1.807, 2.05) is 31.2 Å². The van der Waals surface area contributed by atoms with Crippen molar-refractivity contribution in [3.8, 4) is 0 Å². The third-order valence-electron chi connectivity index (χ3n) is 2.69. The summed E-state index contributed by atoms with van der Waals surface area (Å²) in [4.78, 5) is 13.2. The molecule has 2 rings (SSSR count). The van der Waals surface area contributed by atoms with Crippen LogP contribution in [0.15, 0.2) is 57.9 Å². The molecule has 0 heterocycles. The van der Waals surface area contributed by atoms with Crippen LogP contribution in [0.2, 0.25) is 0 Å². The van der Waals surface area contributed by atoms with Gasteiger partial charge in [0.25, 0.3) is 0 Å². The second-order valence-electron chi connectivity index (χ2n) is 4.30. The number of rotatable bonds is 4. The third-order valence-corrected chi connectivity index (χ3v) is 4.82. The molecule has 104 valence electrons. The van der Waals surface area contributed by atoms with Crippen LogP contribution >= 0.6 is 27.7 Å². The van der Waals surface area contributed by atoms with E-state index in [0.29, 0.717) is 5.69 Å². The number of hydrogen-bond donors (Lipinski definition) is 2. The van der Waals surface area contributed by atoms with Crippen LogP contribution in [0.25, 0.3) is 0 Å². The summed E-state index contributed by atoms with van der Waals surface area (Å²) in [5.74, 6) is -0.0319. The maximum absolute atomic E-state index is 12.1. The number of benzene rings is 2. The Hall–Kier alpha value is -1.46. The van der Waals surface area contributed by atoms with E-state index in [1.54, 1.807) is 24.3 Å². The van der Waals surface area contributed by atoms with Gasteiger partial charge < -0.3 is 11.1 Å². The highest BCUT2D eigenvalue weighted by Crippen LogP contribution is 2.30. The number of halogens is 1. The van der Waals surface area contributed by atoms with E-state index in [4.69, 9.17) is 5.73 Å². The van der Waals surface area contributed by atoms with Crippen molar-refractivity contribution in [2.45, 2.75) is 17.1 Å². The first-order valence-corrected chi connectivity index (χ1v) is 7.81. The molecule has 1 unspecified atom stereocenters. The van der Waals surface area contributed by atoms with Gasteiger partial charge in [0, 0.05) is 20.7 Å². The van der Waals surface area contributed by atoms with Crippen LogP contribution in [-0.4, -0.2) is 11.2 Å². The van der Waals surface area contributed by atoms with E-state index in [2.05, 4.69) is 21.2 Å². The Bertz CT molecular complexity index is 601. The lowest BCUT2D eigenvalue weighted by Gasteiger charge is -2.13. The van der Waals surface area contributed by atoms with Gasteiger partial charge in [-0.05, 0) is 59.3 Å². The average Bonchev–Trinajstić information content (AvgIpc) is 2.44. The van der Waals surface area contributed by atoms with Gasteiger partial charge in [-0.2, -0.15) is 0 Å². The maximum atomic E-state index is 12.1. The van der Waals surface area contributed by atoms with Gasteiger partial charge in [-0.15, -0.1) is 11.8 Å². The summed E-state index contributed by atoms with van der Waals surface area (Å²) in [5, 5.41) is 2.69. The van der Waals surface area contributed by atoms with Crippen LogP contribution in [0, 0.1) is 0 Å². The van der Waals surface area contributed by atoms with Crippen LogP contribution < -0.4 is 11.1 Å². The SMILES string of the molecule is CC(Sc1ccccc1Br)C(=O)Nc1ccc(N)cc1. The van der Waals surface area contributed by atoms with E-state index in [0.717, 1.165) is 15.1 Å². The molecule has 20 heavy (non-hydrogen) atoms. The fourth-order valence-electron chi connectivity index (χ4n) is 1.59. The Kier molecular flexibility index (Phi) is 5.09. The van der Waals surface area contributed by atoms with Crippen LogP contribution in [0.1, 0.15) is 6.92 Å². The first kappa shape index (κ1) is 14.9. The highest BCUT2D eigenvalue weighted by molar-refractivity contribution is 9.10. The molecule has 0 saturated heterocycles. The normalized spacial score (nSPS) is 11.9. The molecule has 0 spiro atoms. The average molecular weight is 351 g/mol. The Morgan fingerprint density at radius 2 is 1.85 bits per heavy atom. The largest absolute Gasteiger partial charge is 0.399 e. The van der Waals surface area contributed by atoms with E-state index in [-0.39, 0.29) is 11.2 Å². The summed E-state index contributed by atoms with van der Waals surface area (Å²) in [6, 6.07) is 15.0. The summed E-state index contributed by atoms with van der Waals surface area (Å²) >= 11 is 5.00. The lowest BCUT2D eigenvalue weighted by atomic mass is 10.3. The van der Waals surface area contributed by atoms with Crippen molar-refractivity contribution < 1.29 is 4.79 Å². The monoisotopic (exact) mass is 350 g/mol. The summed E-state index contributed by atoms with van der Waals surface area (Å²) < 4.78 is 0.997. The fourth-order valence-corrected chi connectivity index (χ4v) is 3.04. The molecular formula is C15H15BrN2OS. The predicted molar refractivity (Wildman–Crippen MR) is 88.9 cm³/mol. The second-order valence-corrected chi connectivity index (χ2v) is 6.54. The van der Waals surface area contributed by atoms with Crippen molar-refractivity contribution in [2.75, 3.05) is 11.1 Å². The first-order chi connectivity index (χ1) is 9.56. The minimum absolute atomic E-state index is 0.0319. The lowest BCUT2D eigenvalue weighted by Crippen LogP contribution is -2.22. The standard InChI is InChI=1S/C15H15BrN2OS/c1-10(20-14-5-3-2-4-13(14)16)15(19)18-12-8-6-11(17)7-9-12/h2-10H,17H2,1H3,(H,18,19). The zero-order valence-electron chi connectivity index (χ0n) is 11.0. The molecule has 2 aromatic rings. The van der Waals surface area contributed by atoms with Crippen LogP contribution in [-0.2, 0) is 4.79 Å². The fraction of sp³-hybridized carbons (Fsp3) is 0.133. The van der Waals surface area contributed by atoms with Gasteiger partial charge in [-0.1, -0.05) is 12.1 Å². The van der Waals surface area contributed by atoms with Crippen molar-refractivity contribution in [2.24, 2.45) is 0 Å². The van der Waals surface area contributed by atoms with Crippen molar-refractivity contribution >= 4 is 45.0 Å². The van der Waals surface area contributed by atoms with Crippen LogP contribution in [0.3, 0.4) is 0 Å². The van der Waals surface area contributed by atoms with Gasteiger partial charge in [0.2, 0.25) is 5.91 Å². The number of nitrogens with one attached hydrogen (secondary N) is 1. The van der Waals surface area contributed by atoms with Crippen LogP contribution in [0.4, 0.5) is 11.4 Å². The minimum atomic E-state index is -0.189. The molecule has 0 aliphatic rings. The number of carbonyl (C=O) groups is 1. The van der Waals surface area contributed by atoms with E-state index >= 15 is 0 Å². The van der Waals surface area contributed by atoms with Crippen molar-refractivity contribution in [1.29, 1.82) is 0 Å². The van der Waals surface area contributed by atoms with Gasteiger partial charge in [-0.3, -0.25) is 4.79 Å². The molecule has 0 saturated carbocycles. The Morgan fingerprint density at radius 1 is 1.20 bits per heavy atom. The Morgan fingerprint density at radius 3 is 2.50 bits per heavy atom. The van der Waals surface area contributed by atoms with Crippen molar-refractivity contribution in [1.82, 2.24) is 0 Å². The summed E-state index contributed by atoms with van der Waals surface area (Å²) in [5.41, 5.74) is 7.05. The molecule has 0 aliphatic heterocycles. The zero-order valence-corrected chi connectivity index (χ0v) is 13.4. The van der Waals surface area contributed by atoms with Gasteiger partial charge in [0.05, 0.1) is 5.25 Å². The molecule has 0 radical (unpaired) electrons. The molecule has 3 N–H and O–H groups in total. The number of thioether (sulfide) groups is 1. The summed E-state index contributed by atoms with van der Waals surface area (Å²) in [7, 11) is 0. The van der Waals surface area contributed by atoms with Gasteiger partial charge in [0.15, 0.2) is 0 Å². The van der Waals surface area contributed by atoms with Crippen molar-refractivity contribution in [3.63, 3.8) is 0 Å². The molecule has 0 bridgehead atoms. The number of hydrogen-bond acceptors (Lipinski definition) is 3. The molecule has 1 amide bonds. The van der Waals surface area contributed by atoms with Crippen LogP contribution in [0.5, 0.6) is 0 Å². The molecule has 5 heteroatoms. The molecule has 0 aliphatic carbocycles. The molecular weight excluding hydrogens is 336 g/mol. The number of amides is 1. The first-order valence-electron chi connectivity index (χ1n) is 6.14. The third kappa shape index (κ3) is 4.02. The summed E-state index contributed by atoms with van der Waals surface area (Å²) in [6.07, 6.45) is 0. The quantitative estimate of drug-likeness (QED) is 0.643. The van der Waals surface area contributed by atoms with E-state index in [9.17, 15) is 4.79 Å². The molecule has 2 aromatic carbocycles. The van der Waals surface area contributed by atoms with Gasteiger partial charge in [-0.25, -0.2) is 0 Å².